The molecule has 2 rings (SSSR count). The number of benzene rings is 1. The van der Waals surface area contributed by atoms with E-state index in [0.717, 1.165) is 5.69 Å². The van der Waals surface area contributed by atoms with Gasteiger partial charge in [-0.1, -0.05) is 23.2 Å². The Hall–Kier alpha value is -1.03. The van der Waals surface area contributed by atoms with E-state index >= 15 is 0 Å². The number of aryl methyl sites for hydroxylation is 1. The number of carbonyl (C=O) groups excluding carboxylic acids is 1. The first-order valence-electron chi connectivity index (χ1n) is 5.79. The predicted octanol–water partition coefficient (Wildman–Crippen LogP) is 4.96. The van der Waals surface area contributed by atoms with Crippen molar-refractivity contribution in [1.29, 1.82) is 0 Å². The first kappa shape index (κ1) is 15.4. The van der Waals surface area contributed by atoms with Crippen LogP contribution in [0.5, 0.6) is 0 Å². The van der Waals surface area contributed by atoms with Crippen LogP contribution >= 0.6 is 34.8 Å². The van der Waals surface area contributed by atoms with Gasteiger partial charge in [-0.05, 0) is 32.0 Å². The van der Waals surface area contributed by atoms with Gasteiger partial charge in [-0.2, -0.15) is 0 Å². The number of Topliss-reactive ketones (excluding diaryl/α,β-unsaturated/α-hetero) is 1. The zero-order valence-electron chi connectivity index (χ0n) is 10.8. The van der Waals surface area contributed by atoms with Gasteiger partial charge in [0.2, 0.25) is 0 Å². The van der Waals surface area contributed by atoms with Crippen molar-refractivity contribution in [2.24, 2.45) is 0 Å². The summed E-state index contributed by atoms with van der Waals surface area (Å²) in [6.07, 6.45) is 0. The number of ketones is 1. The summed E-state index contributed by atoms with van der Waals surface area (Å²) in [7, 11) is 0. The summed E-state index contributed by atoms with van der Waals surface area (Å²) < 4.78 is 15.0. The molecule has 0 unspecified atom stereocenters. The molecule has 0 aliphatic heterocycles. The van der Waals surface area contributed by atoms with Crippen molar-refractivity contribution < 1.29 is 9.18 Å². The second-order valence-corrected chi connectivity index (χ2v) is 5.48. The van der Waals surface area contributed by atoms with Crippen LogP contribution in [0.4, 0.5) is 4.39 Å². The van der Waals surface area contributed by atoms with Crippen molar-refractivity contribution in [3.05, 3.63) is 51.0 Å². The van der Waals surface area contributed by atoms with Crippen LogP contribution < -0.4 is 0 Å². The lowest BCUT2D eigenvalue weighted by Crippen LogP contribution is -2.05. The van der Waals surface area contributed by atoms with Crippen molar-refractivity contribution in [3.63, 3.8) is 0 Å². The number of hydrogen-bond acceptors (Lipinski definition) is 1. The Morgan fingerprint density at radius 3 is 2.25 bits per heavy atom. The smallest absolute Gasteiger partial charge is 0.179 e. The fourth-order valence-corrected chi connectivity index (χ4v) is 2.98. The number of rotatable bonds is 3. The molecule has 0 atom stereocenters. The minimum absolute atomic E-state index is 0.102. The Morgan fingerprint density at radius 1 is 1.20 bits per heavy atom. The molecule has 0 radical (unpaired) electrons. The molecule has 1 aromatic carbocycles. The molecule has 2 aromatic rings. The van der Waals surface area contributed by atoms with Crippen LogP contribution in [0, 0.1) is 19.7 Å². The molecular formula is C14H11Cl3FNO. The monoisotopic (exact) mass is 333 g/mol. The van der Waals surface area contributed by atoms with Crippen molar-refractivity contribution in [3.8, 4) is 5.69 Å². The fourth-order valence-electron chi connectivity index (χ4n) is 2.21. The Kier molecular flexibility index (Phi) is 4.43. The van der Waals surface area contributed by atoms with Crippen LogP contribution in [-0.2, 0) is 0 Å². The number of nitrogens with zero attached hydrogens (tertiary/aromatic N) is 1. The normalized spacial score (nSPS) is 10.9. The fraction of sp³-hybridized carbons (Fsp3) is 0.214. The second-order valence-electron chi connectivity index (χ2n) is 4.40. The highest BCUT2D eigenvalue weighted by Crippen LogP contribution is 2.33. The lowest BCUT2D eigenvalue weighted by molar-refractivity contribution is 0.102. The van der Waals surface area contributed by atoms with E-state index in [0.29, 0.717) is 16.9 Å². The number of aromatic nitrogens is 1. The topological polar surface area (TPSA) is 22.0 Å². The van der Waals surface area contributed by atoms with Gasteiger partial charge in [-0.25, -0.2) is 4.39 Å². The van der Waals surface area contributed by atoms with E-state index in [-0.39, 0.29) is 21.7 Å². The minimum Gasteiger partial charge on any atom is -0.315 e. The Labute approximate surface area is 131 Å². The molecule has 0 saturated carbocycles. The van der Waals surface area contributed by atoms with E-state index < -0.39 is 5.82 Å². The summed E-state index contributed by atoms with van der Waals surface area (Å²) in [5.74, 6) is -0.793. The lowest BCUT2D eigenvalue weighted by Gasteiger charge is -2.13. The maximum Gasteiger partial charge on any atom is 0.179 e. The van der Waals surface area contributed by atoms with Crippen molar-refractivity contribution >= 4 is 40.6 Å². The molecule has 1 heterocycles. The van der Waals surface area contributed by atoms with Gasteiger partial charge in [0, 0.05) is 17.0 Å². The summed E-state index contributed by atoms with van der Waals surface area (Å²) in [5, 5.41) is 0.364. The third-order valence-corrected chi connectivity index (χ3v) is 3.88. The van der Waals surface area contributed by atoms with Crippen LogP contribution in [0.2, 0.25) is 10.0 Å². The molecule has 0 bridgehead atoms. The molecule has 0 aliphatic carbocycles. The largest absolute Gasteiger partial charge is 0.315 e. The Balaban J connectivity index is 2.71. The average molecular weight is 335 g/mol. The van der Waals surface area contributed by atoms with Crippen LogP contribution in [0.25, 0.3) is 5.69 Å². The van der Waals surface area contributed by atoms with Gasteiger partial charge >= 0.3 is 0 Å². The first-order valence-corrected chi connectivity index (χ1v) is 7.09. The zero-order chi connectivity index (χ0) is 15.0. The summed E-state index contributed by atoms with van der Waals surface area (Å²) in [6.45, 7) is 3.58. The standard InChI is InChI=1S/C14H11Cl3FNO/c1-7-3-10(13(20)6-15)8(2)19(7)14-11(16)4-9(18)5-12(14)17/h3-5H,6H2,1-2H3. The molecule has 0 N–H and O–H groups in total. The molecule has 106 valence electrons. The quantitative estimate of drug-likeness (QED) is 0.574. The molecule has 0 amide bonds. The predicted molar refractivity (Wildman–Crippen MR) is 80.3 cm³/mol. The highest BCUT2D eigenvalue weighted by molar-refractivity contribution is 6.37. The molecule has 0 saturated heterocycles. The molecule has 0 fully saturated rings. The molecule has 20 heavy (non-hydrogen) atoms. The molecule has 0 spiro atoms. The van der Waals surface area contributed by atoms with Crippen LogP contribution in [0.1, 0.15) is 21.7 Å². The highest BCUT2D eigenvalue weighted by Gasteiger charge is 2.19. The van der Waals surface area contributed by atoms with E-state index in [2.05, 4.69) is 0 Å². The zero-order valence-corrected chi connectivity index (χ0v) is 13.1. The van der Waals surface area contributed by atoms with E-state index in [1.54, 1.807) is 17.6 Å². The van der Waals surface area contributed by atoms with Crippen LogP contribution in [0.3, 0.4) is 0 Å². The van der Waals surface area contributed by atoms with Crippen LogP contribution in [-0.4, -0.2) is 16.2 Å². The maximum absolute atomic E-state index is 13.3. The summed E-state index contributed by atoms with van der Waals surface area (Å²) in [4.78, 5) is 11.8. The minimum atomic E-state index is -0.511. The Bertz CT molecular complexity index is 671. The van der Waals surface area contributed by atoms with Gasteiger partial charge in [-0.15, -0.1) is 11.6 Å². The summed E-state index contributed by atoms with van der Waals surface area (Å²) in [5.41, 5.74) is 2.40. The maximum atomic E-state index is 13.3. The Morgan fingerprint density at radius 2 is 1.75 bits per heavy atom. The van der Waals surface area contributed by atoms with Crippen molar-refractivity contribution in [2.75, 3.05) is 5.88 Å². The van der Waals surface area contributed by atoms with Crippen LogP contribution in [0.15, 0.2) is 18.2 Å². The number of carbonyl (C=O) groups is 1. The molecular weight excluding hydrogens is 324 g/mol. The van der Waals surface area contributed by atoms with E-state index in [9.17, 15) is 9.18 Å². The molecule has 0 aliphatic rings. The van der Waals surface area contributed by atoms with Gasteiger partial charge in [0.15, 0.2) is 5.78 Å². The lowest BCUT2D eigenvalue weighted by atomic mass is 10.2. The summed E-state index contributed by atoms with van der Waals surface area (Å²) >= 11 is 17.7. The SMILES string of the molecule is Cc1cc(C(=O)CCl)c(C)n1-c1c(Cl)cc(F)cc1Cl. The van der Waals surface area contributed by atoms with E-state index in [1.165, 1.54) is 12.1 Å². The molecule has 1 aromatic heterocycles. The van der Waals surface area contributed by atoms with E-state index in [1.807, 2.05) is 6.92 Å². The van der Waals surface area contributed by atoms with Gasteiger partial charge in [0.25, 0.3) is 0 Å². The molecule has 6 heteroatoms. The number of alkyl halides is 1. The van der Waals surface area contributed by atoms with Gasteiger partial charge < -0.3 is 4.57 Å². The third kappa shape index (κ3) is 2.58. The number of hydrogen-bond donors (Lipinski definition) is 0. The third-order valence-electron chi connectivity index (χ3n) is 3.06. The molecule has 2 nitrogen and oxygen atoms in total. The van der Waals surface area contributed by atoms with Crippen molar-refractivity contribution in [1.82, 2.24) is 4.57 Å². The van der Waals surface area contributed by atoms with Gasteiger partial charge in [-0.3, -0.25) is 4.79 Å². The van der Waals surface area contributed by atoms with E-state index in [4.69, 9.17) is 34.8 Å². The van der Waals surface area contributed by atoms with Gasteiger partial charge in [0.1, 0.15) is 5.82 Å². The highest BCUT2D eigenvalue weighted by atomic mass is 35.5. The average Bonchev–Trinajstić information content (AvgIpc) is 2.65. The summed E-state index contributed by atoms with van der Waals surface area (Å²) in [6, 6.07) is 4.09. The van der Waals surface area contributed by atoms with Crippen molar-refractivity contribution in [2.45, 2.75) is 13.8 Å². The first-order chi connectivity index (χ1) is 9.36. The second kappa shape index (κ2) is 5.76. The van der Waals surface area contributed by atoms with Gasteiger partial charge in [0.05, 0.1) is 21.6 Å². The number of halogens is 4.